The van der Waals surface area contributed by atoms with E-state index in [1.807, 2.05) is 20.8 Å². The molecule has 0 unspecified atom stereocenters. The third kappa shape index (κ3) is 1.64. The van der Waals surface area contributed by atoms with E-state index in [0.717, 1.165) is 15.5 Å². The molecule has 0 aromatic heterocycles. The molecule has 2 atom stereocenters. The summed E-state index contributed by atoms with van der Waals surface area (Å²) in [6, 6.07) is 0. The van der Waals surface area contributed by atoms with Gasteiger partial charge in [-0.1, -0.05) is 18.7 Å². The van der Waals surface area contributed by atoms with Gasteiger partial charge in [-0.25, -0.2) is 0 Å². The van der Waals surface area contributed by atoms with Gasteiger partial charge < -0.3 is 14.7 Å². The molecule has 0 bridgehead atoms. The van der Waals surface area contributed by atoms with Gasteiger partial charge in [0.25, 0.3) is 5.04 Å². The molecule has 4 nitrogen and oxygen atoms in total. The lowest BCUT2D eigenvalue weighted by atomic mass is 10.3. The highest BCUT2D eigenvalue weighted by atomic mass is 32.2. The van der Waals surface area contributed by atoms with Gasteiger partial charge in [-0.2, -0.15) is 4.74 Å². The summed E-state index contributed by atoms with van der Waals surface area (Å²) in [6.45, 7) is 6.19. The lowest BCUT2D eigenvalue weighted by Gasteiger charge is -2.18. The largest absolute Gasteiger partial charge is 0.623 e. The Kier molecular flexibility index (Phi) is 2.49. The number of hydrogen-bond acceptors (Lipinski definition) is 4. The van der Waals surface area contributed by atoms with Crippen molar-refractivity contribution in [2.45, 2.75) is 38.8 Å². The van der Waals surface area contributed by atoms with Gasteiger partial charge >= 0.3 is 0 Å². The molecule has 0 N–H and O–H groups in total. The second kappa shape index (κ2) is 3.40. The van der Waals surface area contributed by atoms with Crippen molar-refractivity contribution in [3.05, 3.63) is 5.21 Å². The van der Waals surface area contributed by atoms with Crippen LogP contribution >= 0.6 is 11.8 Å². The van der Waals surface area contributed by atoms with Gasteiger partial charge in [-0.05, 0) is 13.8 Å². The molecule has 0 radical (unpaired) electrons. The van der Waals surface area contributed by atoms with Crippen LogP contribution in [0.15, 0.2) is 0 Å². The minimum Gasteiger partial charge on any atom is -0.623 e. The first kappa shape index (κ1) is 10.3. The summed E-state index contributed by atoms with van der Waals surface area (Å²) in [5.41, 5.74) is 0. The predicted molar refractivity (Wildman–Crippen MR) is 55.5 cm³/mol. The number of nitrogens with zero attached hydrogens (tertiary/aromatic N) is 1. The summed E-state index contributed by atoms with van der Waals surface area (Å²) < 4.78 is 12.3. The number of hydrogen-bond donors (Lipinski definition) is 0. The molecule has 1 fully saturated rings. The molecule has 0 amide bonds. The molecule has 2 aliphatic rings. The number of thioether (sulfide) groups is 1. The molecule has 0 aromatic rings. The number of ether oxygens (including phenoxy) is 2. The Hall–Kier alpha value is -0.260. The monoisotopic (exact) mass is 217 g/mol. The summed E-state index contributed by atoms with van der Waals surface area (Å²) in [5.74, 6) is 0.344. The van der Waals surface area contributed by atoms with E-state index in [0.29, 0.717) is 6.54 Å². The smallest absolute Gasteiger partial charge is 0.254 e. The Bertz CT molecular complexity index is 277. The average Bonchev–Trinajstić information content (AvgIpc) is 2.47. The van der Waals surface area contributed by atoms with Crippen molar-refractivity contribution in [1.29, 1.82) is 0 Å². The Morgan fingerprint density at radius 1 is 1.57 bits per heavy atom. The van der Waals surface area contributed by atoms with E-state index in [4.69, 9.17) is 9.47 Å². The molecular formula is C9H15NO3S. The molecule has 0 spiro atoms. The molecule has 5 heteroatoms. The fourth-order valence-corrected chi connectivity index (χ4v) is 2.75. The zero-order chi connectivity index (χ0) is 10.3. The quantitative estimate of drug-likeness (QED) is 0.489. The first-order valence-electron chi connectivity index (χ1n) is 4.83. The molecule has 1 saturated heterocycles. The minimum absolute atomic E-state index is 0.0865. The van der Waals surface area contributed by atoms with Crippen LogP contribution in [0.3, 0.4) is 0 Å². The van der Waals surface area contributed by atoms with Crippen molar-refractivity contribution >= 4 is 16.8 Å². The van der Waals surface area contributed by atoms with Gasteiger partial charge in [-0.3, -0.25) is 0 Å². The molecule has 14 heavy (non-hydrogen) atoms. The second-order valence-corrected chi connectivity index (χ2v) is 5.21. The number of fused-ring (bicyclic) bond motifs is 1. The van der Waals surface area contributed by atoms with Crippen molar-refractivity contribution in [3.63, 3.8) is 0 Å². The first-order chi connectivity index (χ1) is 6.53. The predicted octanol–water partition coefficient (Wildman–Crippen LogP) is 1.18. The molecule has 80 valence electrons. The standard InChI is InChI=1S/C9H15NO3S/c1-4-14-8-7-6(5-10(8)11)12-9(2,3)13-7/h6-7H,4-5H2,1-3H3/t6-,7-/m0/s1. The van der Waals surface area contributed by atoms with Gasteiger partial charge in [0.05, 0.1) is 0 Å². The van der Waals surface area contributed by atoms with Gasteiger partial charge in [0.15, 0.2) is 24.5 Å². The zero-order valence-electron chi connectivity index (χ0n) is 8.65. The van der Waals surface area contributed by atoms with Gasteiger partial charge in [0.1, 0.15) is 0 Å². The SMILES string of the molecule is CCSC1=[N+]([O-])C[C@@H]2OC(C)(C)O[C@H]12. The van der Waals surface area contributed by atoms with E-state index in [2.05, 4.69) is 0 Å². The highest BCUT2D eigenvalue weighted by Gasteiger charge is 2.52. The molecule has 2 heterocycles. The lowest BCUT2D eigenvalue weighted by Crippen LogP contribution is -2.26. The summed E-state index contributed by atoms with van der Waals surface area (Å²) in [7, 11) is 0. The summed E-state index contributed by atoms with van der Waals surface area (Å²) >= 11 is 1.55. The number of hydroxylamine groups is 1. The van der Waals surface area contributed by atoms with Crippen LogP contribution in [-0.2, 0) is 9.47 Å². The highest BCUT2D eigenvalue weighted by molar-refractivity contribution is 8.13. The van der Waals surface area contributed by atoms with Crippen LogP contribution < -0.4 is 0 Å². The first-order valence-corrected chi connectivity index (χ1v) is 5.82. The zero-order valence-corrected chi connectivity index (χ0v) is 9.47. The van der Waals surface area contributed by atoms with Crippen LogP contribution in [0.2, 0.25) is 0 Å². The molecular weight excluding hydrogens is 202 g/mol. The fourth-order valence-electron chi connectivity index (χ4n) is 1.88. The Morgan fingerprint density at radius 2 is 2.29 bits per heavy atom. The topological polar surface area (TPSA) is 44.5 Å². The lowest BCUT2D eigenvalue weighted by molar-refractivity contribution is -0.458. The van der Waals surface area contributed by atoms with Crippen molar-refractivity contribution in [1.82, 2.24) is 0 Å². The van der Waals surface area contributed by atoms with Crippen LogP contribution in [-0.4, -0.2) is 40.1 Å². The van der Waals surface area contributed by atoms with Crippen molar-refractivity contribution < 1.29 is 14.2 Å². The molecule has 2 aliphatic heterocycles. The van der Waals surface area contributed by atoms with Gasteiger partial charge in [0, 0.05) is 5.75 Å². The van der Waals surface area contributed by atoms with Crippen molar-refractivity contribution in [2.75, 3.05) is 12.3 Å². The Labute approximate surface area is 87.9 Å². The summed E-state index contributed by atoms with van der Waals surface area (Å²) in [6.07, 6.45) is -0.232. The fraction of sp³-hybridized carbons (Fsp3) is 0.889. The molecule has 2 rings (SSSR count). The van der Waals surface area contributed by atoms with Crippen LogP contribution in [0, 0.1) is 5.21 Å². The second-order valence-electron chi connectivity index (χ2n) is 3.93. The maximum Gasteiger partial charge on any atom is 0.254 e. The third-order valence-electron chi connectivity index (χ3n) is 2.31. The third-order valence-corrected chi connectivity index (χ3v) is 3.33. The average molecular weight is 217 g/mol. The Balaban J connectivity index is 2.15. The molecule has 0 aromatic carbocycles. The van der Waals surface area contributed by atoms with E-state index in [9.17, 15) is 5.21 Å². The van der Waals surface area contributed by atoms with Crippen LogP contribution in [0.5, 0.6) is 0 Å². The van der Waals surface area contributed by atoms with E-state index >= 15 is 0 Å². The van der Waals surface area contributed by atoms with E-state index < -0.39 is 5.79 Å². The van der Waals surface area contributed by atoms with Gasteiger partial charge in [-0.15, -0.1) is 0 Å². The maximum absolute atomic E-state index is 11.5. The van der Waals surface area contributed by atoms with E-state index in [-0.39, 0.29) is 12.2 Å². The maximum atomic E-state index is 11.5. The van der Waals surface area contributed by atoms with E-state index in [1.165, 1.54) is 0 Å². The number of rotatable bonds is 1. The summed E-state index contributed by atoms with van der Waals surface area (Å²) in [4.78, 5) is 0. The molecule has 0 aliphatic carbocycles. The van der Waals surface area contributed by atoms with E-state index in [1.54, 1.807) is 11.8 Å². The Morgan fingerprint density at radius 3 is 2.93 bits per heavy atom. The van der Waals surface area contributed by atoms with Crippen LogP contribution in [0.25, 0.3) is 0 Å². The van der Waals surface area contributed by atoms with Crippen molar-refractivity contribution in [2.24, 2.45) is 0 Å². The highest BCUT2D eigenvalue weighted by Crippen LogP contribution is 2.34. The minimum atomic E-state index is -0.545. The van der Waals surface area contributed by atoms with Gasteiger partial charge in [0.2, 0.25) is 0 Å². The van der Waals surface area contributed by atoms with Crippen LogP contribution in [0.1, 0.15) is 20.8 Å². The summed E-state index contributed by atoms with van der Waals surface area (Å²) in [5, 5.41) is 12.3. The van der Waals surface area contributed by atoms with Crippen molar-refractivity contribution in [3.8, 4) is 0 Å². The molecule has 0 saturated carbocycles. The normalized spacial score (nSPS) is 35.1. The van der Waals surface area contributed by atoms with Crippen LogP contribution in [0.4, 0.5) is 0 Å².